The van der Waals surface area contributed by atoms with Gasteiger partial charge >= 0.3 is 0 Å². The fraction of sp³-hybridized carbons (Fsp3) is 0.357. The van der Waals surface area contributed by atoms with Crippen LogP contribution in [0.4, 0.5) is 4.39 Å². The van der Waals surface area contributed by atoms with E-state index >= 15 is 0 Å². The van der Waals surface area contributed by atoms with Gasteiger partial charge in [-0.25, -0.2) is 9.37 Å². The third kappa shape index (κ3) is 3.32. The summed E-state index contributed by atoms with van der Waals surface area (Å²) in [4.78, 5) is 5.89. The second kappa shape index (κ2) is 6.46. The molecule has 0 saturated heterocycles. The maximum Gasteiger partial charge on any atom is 0.141 e. The summed E-state index contributed by atoms with van der Waals surface area (Å²) in [6.07, 6.45) is 2.02. The predicted octanol–water partition coefficient (Wildman–Crippen LogP) is 4.27. The number of hydrogen-bond donors (Lipinski definition) is 1. The van der Waals surface area contributed by atoms with Crippen LogP contribution in [0.3, 0.4) is 0 Å². The van der Waals surface area contributed by atoms with Gasteiger partial charge in [-0.15, -0.1) is 11.3 Å². The van der Waals surface area contributed by atoms with Crippen molar-refractivity contribution in [3.63, 3.8) is 0 Å². The number of benzene rings is 1. The highest BCUT2D eigenvalue weighted by Gasteiger charge is 2.12. The quantitative estimate of drug-likeness (QED) is 0.891. The average Bonchev–Trinajstić information content (AvgIpc) is 2.77. The minimum Gasteiger partial charge on any atom is -0.315 e. The normalized spacial score (nSPS) is 10.9. The summed E-state index contributed by atoms with van der Waals surface area (Å²) in [6.45, 7) is 2.94. The number of thiazole rings is 1. The topological polar surface area (TPSA) is 24.9 Å². The molecule has 0 amide bonds. The van der Waals surface area contributed by atoms with Gasteiger partial charge in [-0.05, 0) is 31.7 Å². The Bertz CT molecular complexity index is 545. The van der Waals surface area contributed by atoms with Crippen molar-refractivity contribution in [2.75, 3.05) is 7.05 Å². The Kier molecular flexibility index (Phi) is 4.91. The molecule has 2 aromatic rings. The number of halogens is 2. The first-order valence-corrected chi connectivity index (χ1v) is 7.43. The zero-order valence-corrected chi connectivity index (χ0v) is 12.5. The molecule has 102 valence electrons. The third-order valence-corrected chi connectivity index (χ3v) is 4.21. The smallest absolute Gasteiger partial charge is 0.141 e. The molecule has 19 heavy (non-hydrogen) atoms. The van der Waals surface area contributed by atoms with E-state index < -0.39 is 5.82 Å². The molecule has 0 bridgehead atoms. The summed E-state index contributed by atoms with van der Waals surface area (Å²) < 4.78 is 13.2. The van der Waals surface area contributed by atoms with Crippen LogP contribution in [-0.4, -0.2) is 12.0 Å². The minimum absolute atomic E-state index is 0.139. The van der Waals surface area contributed by atoms with E-state index in [1.54, 1.807) is 23.5 Å². The van der Waals surface area contributed by atoms with E-state index in [4.69, 9.17) is 11.6 Å². The van der Waals surface area contributed by atoms with Gasteiger partial charge in [0.05, 0.1) is 10.7 Å². The Morgan fingerprint density at radius 3 is 2.84 bits per heavy atom. The molecule has 1 aromatic heterocycles. The van der Waals surface area contributed by atoms with Gasteiger partial charge in [0, 0.05) is 17.0 Å². The van der Waals surface area contributed by atoms with Crippen LogP contribution in [0.15, 0.2) is 18.2 Å². The van der Waals surface area contributed by atoms with Crippen molar-refractivity contribution in [3.05, 3.63) is 39.6 Å². The van der Waals surface area contributed by atoms with E-state index in [-0.39, 0.29) is 5.02 Å². The summed E-state index contributed by atoms with van der Waals surface area (Å²) >= 11 is 7.46. The third-order valence-electron chi connectivity index (χ3n) is 2.77. The average molecular weight is 299 g/mol. The SMILES string of the molecule is CCCc1nc(-c2ccc(F)c(Cl)c2)sc1CNC. The standard InChI is InChI=1S/C14H16ClFN2S/c1-3-4-12-13(8-17-2)19-14(18-12)9-5-6-11(16)10(15)7-9/h5-7,17H,3-4,8H2,1-2H3. The summed E-state index contributed by atoms with van der Waals surface area (Å²) in [5.41, 5.74) is 1.99. The van der Waals surface area contributed by atoms with E-state index in [1.807, 2.05) is 7.05 Å². The summed E-state index contributed by atoms with van der Waals surface area (Å²) in [6, 6.07) is 4.74. The number of hydrogen-bond acceptors (Lipinski definition) is 3. The molecule has 0 atom stereocenters. The van der Waals surface area contributed by atoms with Crippen molar-refractivity contribution in [3.8, 4) is 10.6 Å². The lowest BCUT2D eigenvalue weighted by molar-refractivity contribution is 0.628. The van der Waals surface area contributed by atoms with Crippen molar-refractivity contribution in [2.24, 2.45) is 0 Å². The lowest BCUT2D eigenvalue weighted by Gasteiger charge is -1.98. The first-order valence-electron chi connectivity index (χ1n) is 6.24. The number of nitrogens with zero attached hydrogens (tertiary/aromatic N) is 1. The molecular formula is C14H16ClFN2S. The maximum atomic E-state index is 13.2. The molecule has 1 N–H and O–H groups in total. The van der Waals surface area contributed by atoms with Gasteiger partial charge in [-0.1, -0.05) is 24.9 Å². The molecule has 0 fully saturated rings. The van der Waals surface area contributed by atoms with Crippen LogP contribution in [0.1, 0.15) is 23.9 Å². The van der Waals surface area contributed by atoms with Crippen LogP contribution < -0.4 is 5.32 Å². The number of nitrogens with one attached hydrogen (secondary N) is 1. The van der Waals surface area contributed by atoms with Gasteiger partial charge in [-0.3, -0.25) is 0 Å². The Hall–Kier alpha value is -0.970. The van der Waals surface area contributed by atoms with Crippen molar-refractivity contribution in [1.82, 2.24) is 10.3 Å². The first kappa shape index (κ1) is 14.4. The summed E-state index contributed by atoms with van der Waals surface area (Å²) in [5, 5.41) is 4.19. The summed E-state index contributed by atoms with van der Waals surface area (Å²) in [5.74, 6) is -0.397. The van der Waals surface area contributed by atoms with E-state index in [0.29, 0.717) is 0 Å². The fourth-order valence-electron chi connectivity index (χ4n) is 1.87. The first-order chi connectivity index (χ1) is 9.15. The van der Waals surface area contributed by atoms with Gasteiger partial charge in [0.2, 0.25) is 0 Å². The van der Waals surface area contributed by atoms with E-state index in [0.717, 1.165) is 35.7 Å². The van der Waals surface area contributed by atoms with Crippen LogP contribution in [0.5, 0.6) is 0 Å². The molecule has 0 aliphatic rings. The molecule has 1 heterocycles. The summed E-state index contributed by atoms with van der Waals surface area (Å²) in [7, 11) is 1.92. The Balaban J connectivity index is 2.38. The highest BCUT2D eigenvalue weighted by molar-refractivity contribution is 7.15. The molecule has 2 nitrogen and oxygen atoms in total. The van der Waals surface area contributed by atoms with E-state index in [1.165, 1.54) is 10.9 Å². The lowest BCUT2D eigenvalue weighted by atomic mass is 10.2. The molecule has 5 heteroatoms. The molecule has 0 spiro atoms. The molecule has 0 unspecified atom stereocenters. The van der Waals surface area contributed by atoms with Crippen LogP contribution in [0.25, 0.3) is 10.6 Å². The highest BCUT2D eigenvalue weighted by atomic mass is 35.5. The molecule has 0 aliphatic heterocycles. The van der Waals surface area contributed by atoms with Gasteiger partial charge < -0.3 is 5.32 Å². The highest BCUT2D eigenvalue weighted by Crippen LogP contribution is 2.31. The predicted molar refractivity (Wildman–Crippen MR) is 79.3 cm³/mol. The lowest BCUT2D eigenvalue weighted by Crippen LogP contribution is -2.05. The molecular weight excluding hydrogens is 283 g/mol. The van der Waals surface area contributed by atoms with E-state index in [2.05, 4.69) is 17.2 Å². The van der Waals surface area contributed by atoms with Gasteiger partial charge in [-0.2, -0.15) is 0 Å². The zero-order chi connectivity index (χ0) is 13.8. The second-order valence-electron chi connectivity index (χ2n) is 4.30. The fourth-order valence-corrected chi connectivity index (χ4v) is 3.16. The molecule has 0 aliphatic carbocycles. The van der Waals surface area contributed by atoms with Gasteiger partial charge in [0.25, 0.3) is 0 Å². The Morgan fingerprint density at radius 2 is 2.21 bits per heavy atom. The monoisotopic (exact) mass is 298 g/mol. The van der Waals surface area contributed by atoms with E-state index in [9.17, 15) is 4.39 Å². The van der Waals surface area contributed by atoms with Crippen LogP contribution >= 0.6 is 22.9 Å². The number of rotatable bonds is 5. The van der Waals surface area contributed by atoms with Gasteiger partial charge in [0.15, 0.2) is 0 Å². The Labute approximate surface area is 121 Å². The molecule has 2 rings (SSSR count). The van der Waals surface area contributed by atoms with Crippen LogP contribution in [-0.2, 0) is 13.0 Å². The maximum absolute atomic E-state index is 13.2. The minimum atomic E-state index is -0.397. The second-order valence-corrected chi connectivity index (χ2v) is 5.79. The van der Waals surface area contributed by atoms with Crippen LogP contribution in [0.2, 0.25) is 5.02 Å². The van der Waals surface area contributed by atoms with Gasteiger partial charge in [0.1, 0.15) is 10.8 Å². The largest absolute Gasteiger partial charge is 0.315 e. The molecule has 0 radical (unpaired) electrons. The van der Waals surface area contributed by atoms with Crippen molar-refractivity contribution >= 4 is 22.9 Å². The molecule has 0 saturated carbocycles. The number of aryl methyl sites for hydroxylation is 1. The van der Waals surface area contributed by atoms with Crippen molar-refractivity contribution in [1.29, 1.82) is 0 Å². The van der Waals surface area contributed by atoms with Crippen molar-refractivity contribution in [2.45, 2.75) is 26.3 Å². The van der Waals surface area contributed by atoms with Crippen LogP contribution in [0, 0.1) is 5.82 Å². The zero-order valence-electron chi connectivity index (χ0n) is 11.0. The Morgan fingerprint density at radius 1 is 1.42 bits per heavy atom. The molecule has 1 aromatic carbocycles. The number of aromatic nitrogens is 1. The van der Waals surface area contributed by atoms with Crippen molar-refractivity contribution < 1.29 is 4.39 Å².